The molecule has 0 fully saturated rings. The van der Waals surface area contributed by atoms with Crippen molar-refractivity contribution < 1.29 is 0 Å². The molecule has 1 heterocycles. The molecule has 0 bridgehead atoms. The van der Waals surface area contributed by atoms with Gasteiger partial charge in [-0.1, -0.05) is 11.8 Å². The number of thioether (sulfide) groups is 1. The molecular weight excluding hydrogens is 194 g/mol. The molecule has 0 aliphatic heterocycles. The number of pyridine rings is 1. The van der Waals surface area contributed by atoms with E-state index in [1.54, 1.807) is 19.4 Å². The maximum atomic E-state index is 7.31. The Kier molecular flexibility index (Phi) is 5.49. The number of halogens is 1. The fourth-order valence-corrected chi connectivity index (χ4v) is 1.17. The molecule has 3 nitrogen and oxygen atoms in total. The minimum atomic E-state index is 0. The largest absolute Gasteiger partial charge is 0.368 e. The highest BCUT2D eigenvalue weighted by atomic mass is 35.5. The second-order valence-corrected chi connectivity index (χ2v) is 2.95. The van der Waals surface area contributed by atoms with Gasteiger partial charge >= 0.3 is 0 Å². The molecule has 5 heteroatoms. The summed E-state index contributed by atoms with van der Waals surface area (Å²) in [6, 6.07) is 3.74. The first-order valence-electron chi connectivity index (χ1n) is 3.17. The Balaban J connectivity index is 0.00000121. The standard InChI is InChI=1S/C7H9N3S.ClH/c1-9-7(8)11-6-2-4-10-5-3-6;/h2-5H,1H3,(H2,8,9);1H. The van der Waals surface area contributed by atoms with Crippen molar-refractivity contribution in [1.82, 2.24) is 10.3 Å². The Labute approximate surface area is 81.9 Å². The number of hydrogen-bond donors (Lipinski definition) is 2. The highest BCUT2D eigenvalue weighted by Crippen LogP contribution is 2.15. The van der Waals surface area contributed by atoms with Gasteiger partial charge in [0.15, 0.2) is 5.17 Å². The fraction of sp³-hybridized carbons (Fsp3) is 0.143. The van der Waals surface area contributed by atoms with Gasteiger partial charge in [0.2, 0.25) is 0 Å². The number of nitrogens with one attached hydrogen (secondary N) is 2. The first-order chi connectivity index (χ1) is 5.33. The van der Waals surface area contributed by atoms with Crippen molar-refractivity contribution in [2.75, 3.05) is 7.05 Å². The molecule has 1 aromatic heterocycles. The first-order valence-corrected chi connectivity index (χ1v) is 3.99. The lowest BCUT2D eigenvalue weighted by molar-refractivity contribution is 1.18. The predicted octanol–water partition coefficient (Wildman–Crippen LogP) is 1.75. The molecular formula is C7H10ClN3S. The molecule has 0 aliphatic carbocycles. The van der Waals surface area contributed by atoms with Crippen LogP contribution in [0.3, 0.4) is 0 Å². The summed E-state index contributed by atoms with van der Waals surface area (Å²) in [5.74, 6) is 0. The van der Waals surface area contributed by atoms with E-state index in [1.807, 2.05) is 12.1 Å². The maximum absolute atomic E-state index is 7.31. The Morgan fingerprint density at radius 1 is 1.50 bits per heavy atom. The first kappa shape index (κ1) is 11.3. The maximum Gasteiger partial charge on any atom is 0.158 e. The molecule has 12 heavy (non-hydrogen) atoms. The molecule has 2 N–H and O–H groups in total. The average molecular weight is 204 g/mol. The van der Waals surface area contributed by atoms with Crippen LogP contribution in [-0.4, -0.2) is 17.2 Å². The van der Waals surface area contributed by atoms with E-state index in [2.05, 4.69) is 10.3 Å². The van der Waals surface area contributed by atoms with Crippen molar-refractivity contribution in [1.29, 1.82) is 5.41 Å². The minimum absolute atomic E-state index is 0. The molecule has 0 atom stereocenters. The summed E-state index contributed by atoms with van der Waals surface area (Å²) in [7, 11) is 1.73. The Morgan fingerprint density at radius 2 is 2.08 bits per heavy atom. The van der Waals surface area contributed by atoms with E-state index in [9.17, 15) is 0 Å². The Morgan fingerprint density at radius 3 is 2.58 bits per heavy atom. The normalized spacial score (nSPS) is 8.42. The Bertz CT molecular complexity index is 240. The zero-order chi connectivity index (χ0) is 8.10. The number of amidine groups is 1. The van der Waals surface area contributed by atoms with Gasteiger partial charge in [0.1, 0.15) is 0 Å². The van der Waals surface area contributed by atoms with Crippen LogP contribution in [0.1, 0.15) is 0 Å². The molecule has 0 radical (unpaired) electrons. The van der Waals surface area contributed by atoms with Gasteiger partial charge in [0, 0.05) is 24.3 Å². The molecule has 0 spiro atoms. The molecule has 0 aliphatic rings. The fourth-order valence-electron chi connectivity index (χ4n) is 0.575. The van der Waals surface area contributed by atoms with E-state index in [4.69, 9.17) is 5.41 Å². The van der Waals surface area contributed by atoms with Gasteiger partial charge in [-0.3, -0.25) is 10.4 Å². The smallest absolute Gasteiger partial charge is 0.158 e. The van der Waals surface area contributed by atoms with E-state index in [-0.39, 0.29) is 12.4 Å². The molecule has 0 aromatic carbocycles. The molecule has 0 unspecified atom stereocenters. The van der Waals surface area contributed by atoms with E-state index in [0.29, 0.717) is 5.17 Å². The van der Waals surface area contributed by atoms with Crippen LogP contribution in [0.25, 0.3) is 0 Å². The molecule has 1 rings (SSSR count). The second kappa shape index (κ2) is 5.85. The van der Waals surface area contributed by atoms with Crippen LogP contribution in [0.2, 0.25) is 0 Å². The van der Waals surface area contributed by atoms with Crippen LogP contribution in [0.5, 0.6) is 0 Å². The quantitative estimate of drug-likeness (QED) is 0.416. The third-order valence-electron chi connectivity index (χ3n) is 1.10. The third-order valence-corrected chi connectivity index (χ3v) is 2.01. The highest BCUT2D eigenvalue weighted by Gasteiger charge is 1.95. The molecule has 0 saturated heterocycles. The Hall–Kier alpha value is -0.740. The van der Waals surface area contributed by atoms with Crippen molar-refractivity contribution in [3.63, 3.8) is 0 Å². The molecule has 66 valence electrons. The zero-order valence-corrected chi connectivity index (χ0v) is 8.21. The van der Waals surface area contributed by atoms with Crippen LogP contribution in [0.4, 0.5) is 0 Å². The van der Waals surface area contributed by atoms with Gasteiger partial charge in [0.05, 0.1) is 0 Å². The highest BCUT2D eigenvalue weighted by molar-refractivity contribution is 8.13. The van der Waals surface area contributed by atoms with E-state index >= 15 is 0 Å². The van der Waals surface area contributed by atoms with Crippen molar-refractivity contribution >= 4 is 29.3 Å². The lowest BCUT2D eigenvalue weighted by Gasteiger charge is -2.00. The van der Waals surface area contributed by atoms with Crippen LogP contribution < -0.4 is 5.32 Å². The zero-order valence-electron chi connectivity index (χ0n) is 6.57. The minimum Gasteiger partial charge on any atom is -0.368 e. The van der Waals surface area contributed by atoms with E-state index in [0.717, 1.165) is 4.90 Å². The molecule has 1 aromatic rings. The van der Waals surface area contributed by atoms with Gasteiger partial charge in [-0.2, -0.15) is 0 Å². The van der Waals surface area contributed by atoms with E-state index in [1.165, 1.54) is 11.8 Å². The van der Waals surface area contributed by atoms with Gasteiger partial charge in [-0.15, -0.1) is 12.4 Å². The van der Waals surface area contributed by atoms with Gasteiger partial charge in [-0.05, 0) is 12.1 Å². The van der Waals surface area contributed by atoms with Gasteiger partial charge in [0.25, 0.3) is 0 Å². The summed E-state index contributed by atoms with van der Waals surface area (Å²) < 4.78 is 0. The van der Waals surface area contributed by atoms with Crippen LogP contribution >= 0.6 is 24.2 Å². The number of hydrogen-bond acceptors (Lipinski definition) is 3. The van der Waals surface area contributed by atoms with Crippen molar-refractivity contribution in [2.24, 2.45) is 0 Å². The third kappa shape index (κ3) is 3.59. The van der Waals surface area contributed by atoms with Crippen molar-refractivity contribution in [2.45, 2.75) is 4.90 Å². The van der Waals surface area contributed by atoms with Gasteiger partial charge in [-0.25, -0.2) is 0 Å². The monoisotopic (exact) mass is 203 g/mol. The predicted molar refractivity (Wildman–Crippen MR) is 54.1 cm³/mol. The van der Waals surface area contributed by atoms with Gasteiger partial charge < -0.3 is 5.32 Å². The van der Waals surface area contributed by atoms with Crippen LogP contribution in [0, 0.1) is 5.41 Å². The summed E-state index contributed by atoms with van der Waals surface area (Å²) in [5, 5.41) is 10.5. The summed E-state index contributed by atoms with van der Waals surface area (Å²) in [5.41, 5.74) is 0. The number of rotatable bonds is 1. The van der Waals surface area contributed by atoms with Crippen molar-refractivity contribution in [3.8, 4) is 0 Å². The SMILES string of the molecule is CNC(=N)Sc1ccncc1.Cl. The average Bonchev–Trinajstić information content (AvgIpc) is 2.06. The van der Waals surface area contributed by atoms with Crippen molar-refractivity contribution in [3.05, 3.63) is 24.5 Å². The number of aromatic nitrogens is 1. The summed E-state index contributed by atoms with van der Waals surface area (Å²) in [6.45, 7) is 0. The molecule has 0 amide bonds. The van der Waals surface area contributed by atoms with E-state index < -0.39 is 0 Å². The lowest BCUT2D eigenvalue weighted by Crippen LogP contribution is -2.11. The van der Waals surface area contributed by atoms with Crippen LogP contribution in [0.15, 0.2) is 29.4 Å². The summed E-state index contributed by atoms with van der Waals surface area (Å²) in [6.07, 6.45) is 3.43. The summed E-state index contributed by atoms with van der Waals surface area (Å²) >= 11 is 1.38. The topological polar surface area (TPSA) is 48.8 Å². The lowest BCUT2D eigenvalue weighted by atomic mass is 10.5. The summed E-state index contributed by atoms with van der Waals surface area (Å²) in [4.78, 5) is 4.90. The van der Waals surface area contributed by atoms with Crippen LogP contribution in [-0.2, 0) is 0 Å². The molecule has 0 saturated carbocycles. The second-order valence-electron chi connectivity index (χ2n) is 1.86. The number of nitrogens with zero attached hydrogens (tertiary/aromatic N) is 1.